The molecule has 6 nitrogen and oxygen atoms in total. The molecule has 1 unspecified atom stereocenters. The Labute approximate surface area is 485 Å². The van der Waals surface area contributed by atoms with Gasteiger partial charge in [0.1, 0.15) is 13.2 Å². The van der Waals surface area contributed by atoms with E-state index in [0.29, 0.717) is 19.3 Å². The zero-order valence-electron chi connectivity index (χ0n) is 52.2. The van der Waals surface area contributed by atoms with Crippen LogP contribution >= 0.6 is 0 Å². The Morgan fingerprint density at radius 2 is 0.474 bits per heavy atom. The number of ether oxygens (including phenoxy) is 3. The maximum absolute atomic E-state index is 12.9. The van der Waals surface area contributed by atoms with E-state index in [-0.39, 0.29) is 31.1 Å². The van der Waals surface area contributed by atoms with E-state index in [1.54, 1.807) is 0 Å². The molecule has 0 aliphatic heterocycles. The largest absolute Gasteiger partial charge is 0.462 e. The normalized spacial score (nSPS) is 12.4. The number of hydrogen-bond donors (Lipinski definition) is 0. The first-order chi connectivity index (χ1) is 38.5. The summed E-state index contributed by atoms with van der Waals surface area (Å²) in [4.78, 5) is 38.3. The molecule has 0 aliphatic rings. The van der Waals surface area contributed by atoms with Crippen molar-refractivity contribution in [3.63, 3.8) is 0 Å². The van der Waals surface area contributed by atoms with Gasteiger partial charge in [0.25, 0.3) is 0 Å². The molecule has 0 rings (SSSR count). The van der Waals surface area contributed by atoms with Crippen LogP contribution in [0.25, 0.3) is 0 Å². The number of unbranched alkanes of at least 4 members (excludes halogenated alkanes) is 42. The van der Waals surface area contributed by atoms with Crippen LogP contribution in [0, 0.1) is 0 Å². The van der Waals surface area contributed by atoms with E-state index in [9.17, 15) is 14.4 Å². The third kappa shape index (κ3) is 63.9. The number of hydrogen-bond acceptors (Lipinski definition) is 6. The molecule has 0 aliphatic carbocycles. The molecule has 0 fully saturated rings. The standard InChI is InChI=1S/C72H130O6/c1-4-7-10-13-16-19-22-25-28-29-30-31-32-33-34-35-36-37-38-39-40-41-42-43-45-47-50-53-56-59-62-65-71(74)77-68-69(67-76-70(73)64-61-58-55-52-49-46-27-24-21-18-15-12-9-6-3)78-72(75)66-63-60-57-54-51-48-44-26-23-20-17-14-11-8-5-2/h15,18,22,24-25,27,29-30,32-33,69H,4-14,16-17,19-21,23,26,28,31,34-68H2,1-3H3/b18-15-,25-22-,27-24-,30-29-,33-32-. The summed E-state index contributed by atoms with van der Waals surface area (Å²) in [5.41, 5.74) is 0. The van der Waals surface area contributed by atoms with Gasteiger partial charge >= 0.3 is 17.9 Å². The summed E-state index contributed by atoms with van der Waals surface area (Å²) in [6.45, 7) is 6.63. The van der Waals surface area contributed by atoms with Crippen LogP contribution in [0.4, 0.5) is 0 Å². The Balaban J connectivity index is 4.17. The molecular formula is C72H130O6. The van der Waals surface area contributed by atoms with Crippen molar-refractivity contribution < 1.29 is 28.6 Å². The second-order valence-electron chi connectivity index (χ2n) is 23.1. The first-order valence-corrected chi connectivity index (χ1v) is 34.3. The summed E-state index contributed by atoms with van der Waals surface area (Å²) in [7, 11) is 0. The highest BCUT2D eigenvalue weighted by molar-refractivity contribution is 5.71. The number of carbonyl (C=O) groups excluding carboxylic acids is 3. The third-order valence-corrected chi connectivity index (χ3v) is 15.2. The van der Waals surface area contributed by atoms with E-state index in [0.717, 1.165) is 89.9 Å². The van der Waals surface area contributed by atoms with Crippen LogP contribution in [0.2, 0.25) is 0 Å². The number of carbonyl (C=O) groups is 3. The van der Waals surface area contributed by atoms with Crippen molar-refractivity contribution in [3.8, 4) is 0 Å². The quantitative estimate of drug-likeness (QED) is 0.0261. The minimum Gasteiger partial charge on any atom is -0.462 e. The van der Waals surface area contributed by atoms with Gasteiger partial charge in [-0.25, -0.2) is 0 Å². The molecule has 6 heteroatoms. The van der Waals surface area contributed by atoms with Gasteiger partial charge in [-0.05, 0) is 83.5 Å². The van der Waals surface area contributed by atoms with Crippen LogP contribution < -0.4 is 0 Å². The van der Waals surface area contributed by atoms with E-state index >= 15 is 0 Å². The van der Waals surface area contributed by atoms with Crippen LogP contribution in [-0.4, -0.2) is 37.2 Å². The topological polar surface area (TPSA) is 78.9 Å². The minimum absolute atomic E-state index is 0.0743. The molecule has 0 radical (unpaired) electrons. The molecule has 0 aromatic rings. The van der Waals surface area contributed by atoms with Crippen molar-refractivity contribution in [1.29, 1.82) is 0 Å². The lowest BCUT2D eigenvalue weighted by molar-refractivity contribution is -0.167. The van der Waals surface area contributed by atoms with Crippen LogP contribution in [-0.2, 0) is 28.6 Å². The van der Waals surface area contributed by atoms with Crippen molar-refractivity contribution in [1.82, 2.24) is 0 Å². The fraction of sp³-hybridized carbons (Fsp3) is 0.819. The summed E-state index contributed by atoms with van der Waals surface area (Å²) in [5, 5.41) is 0. The molecule has 0 aromatic heterocycles. The lowest BCUT2D eigenvalue weighted by Crippen LogP contribution is -2.30. The minimum atomic E-state index is -0.778. The summed E-state index contributed by atoms with van der Waals surface area (Å²) < 4.78 is 16.9. The van der Waals surface area contributed by atoms with Gasteiger partial charge in [0, 0.05) is 19.3 Å². The lowest BCUT2D eigenvalue weighted by Gasteiger charge is -2.18. The van der Waals surface area contributed by atoms with Gasteiger partial charge in [0.15, 0.2) is 6.10 Å². The van der Waals surface area contributed by atoms with E-state index < -0.39 is 6.10 Å². The average molecular weight is 1090 g/mol. The Hall–Kier alpha value is -2.89. The van der Waals surface area contributed by atoms with Gasteiger partial charge < -0.3 is 14.2 Å². The Morgan fingerprint density at radius 1 is 0.256 bits per heavy atom. The summed E-state index contributed by atoms with van der Waals surface area (Å²) >= 11 is 0. The molecule has 454 valence electrons. The van der Waals surface area contributed by atoms with E-state index in [2.05, 4.69) is 81.5 Å². The maximum Gasteiger partial charge on any atom is 0.306 e. The monoisotopic (exact) mass is 1090 g/mol. The SMILES string of the molecule is CCCC/C=C\C/C=C\CCCCCCCC(=O)OCC(COC(=O)CCCCCCCCCCCCCCCCCC/C=C\C/C=C\C/C=C\CCCCCCC)OC(=O)CCCCCCCCCCCCCCCCC. The van der Waals surface area contributed by atoms with Crippen LogP contribution in [0.1, 0.15) is 361 Å². The zero-order chi connectivity index (χ0) is 56.4. The molecule has 1 atom stereocenters. The third-order valence-electron chi connectivity index (χ3n) is 15.2. The molecule has 0 aromatic carbocycles. The van der Waals surface area contributed by atoms with E-state index in [1.165, 1.54) is 231 Å². The number of esters is 3. The van der Waals surface area contributed by atoms with E-state index in [1.807, 2.05) is 0 Å². The van der Waals surface area contributed by atoms with Gasteiger partial charge in [-0.2, -0.15) is 0 Å². The first-order valence-electron chi connectivity index (χ1n) is 34.3. The predicted molar refractivity (Wildman–Crippen MR) is 339 cm³/mol. The lowest BCUT2D eigenvalue weighted by atomic mass is 10.0. The number of rotatable bonds is 63. The molecule has 0 N–H and O–H groups in total. The van der Waals surface area contributed by atoms with Crippen molar-refractivity contribution >= 4 is 17.9 Å². The van der Waals surface area contributed by atoms with Gasteiger partial charge in [-0.3, -0.25) is 14.4 Å². The van der Waals surface area contributed by atoms with Crippen LogP contribution in [0.15, 0.2) is 60.8 Å². The summed E-state index contributed by atoms with van der Waals surface area (Å²) in [6, 6.07) is 0. The number of allylic oxidation sites excluding steroid dienone is 10. The summed E-state index contributed by atoms with van der Waals surface area (Å²) in [6.07, 6.45) is 85.3. The van der Waals surface area contributed by atoms with Gasteiger partial charge in [0.2, 0.25) is 0 Å². The van der Waals surface area contributed by atoms with Crippen molar-refractivity contribution in [3.05, 3.63) is 60.8 Å². The molecule has 0 amide bonds. The molecule has 0 saturated heterocycles. The Morgan fingerprint density at radius 3 is 0.756 bits per heavy atom. The van der Waals surface area contributed by atoms with Gasteiger partial charge in [-0.15, -0.1) is 0 Å². The van der Waals surface area contributed by atoms with E-state index in [4.69, 9.17) is 14.2 Å². The van der Waals surface area contributed by atoms with Crippen LogP contribution in [0.3, 0.4) is 0 Å². The molecule has 0 bridgehead atoms. The zero-order valence-corrected chi connectivity index (χ0v) is 52.2. The second-order valence-corrected chi connectivity index (χ2v) is 23.1. The molecule has 78 heavy (non-hydrogen) atoms. The van der Waals surface area contributed by atoms with Crippen molar-refractivity contribution in [2.45, 2.75) is 367 Å². The highest BCUT2D eigenvalue weighted by Crippen LogP contribution is 2.18. The molecule has 0 saturated carbocycles. The fourth-order valence-corrected chi connectivity index (χ4v) is 10.1. The first kappa shape index (κ1) is 75.1. The molecule has 0 heterocycles. The smallest absolute Gasteiger partial charge is 0.306 e. The summed E-state index contributed by atoms with van der Waals surface area (Å²) in [5.74, 6) is -0.867. The highest BCUT2D eigenvalue weighted by atomic mass is 16.6. The Kier molecular flexibility index (Phi) is 64.2. The second kappa shape index (κ2) is 66.6. The maximum atomic E-state index is 12.9. The van der Waals surface area contributed by atoms with Crippen molar-refractivity contribution in [2.24, 2.45) is 0 Å². The Bertz CT molecular complexity index is 1390. The fourth-order valence-electron chi connectivity index (χ4n) is 10.1. The highest BCUT2D eigenvalue weighted by Gasteiger charge is 2.19. The van der Waals surface area contributed by atoms with Crippen molar-refractivity contribution in [2.75, 3.05) is 13.2 Å². The van der Waals surface area contributed by atoms with Crippen LogP contribution in [0.5, 0.6) is 0 Å². The van der Waals surface area contributed by atoms with Gasteiger partial charge in [0.05, 0.1) is 0 Å². The van der Waals surface area contributed by atoms with Gasteiger partial charge in [-0.1, -0.05) is 319 Å². The molecule has 0 spiro atoms. The predicted octanol–water partition coefficient (Wildman–Crippen LogP) is 23.5. The average Bonchev–Trinajstić information content (AvgIpc) is 3.44. The molecular weight excluding hydrogens is 961 g/mol.